The minimum absolute atomic E-state index is 0.0351. The van der Waals surface area contributed by atoms with Crippen molar-refractivity contribution in [2.24, 2.45) is 45.9 Å². The summed E-state index contributed by atoms with van der Waals surface area (Å²) in [6.45, 7) is 0.184. The van der Waals surface area contributed by atoms with Crippen LogP contribution in [-0.2, 0) is 4.79 Å². The van der Waals surface area contributed by atoms with Crippen LogP contribution in [0, 0.1) is 10.8 Å². The Morgan fingerprint density at radius 1 is 0.944 bits per heavy atom. The number of hydrogen-bond acceptors (Lipinski definition) is 7. The van der Waals surface area contributed by atoms with Crippen LogP contribution in [0.1, 0.15) is 0 Å². The minimum Gasteiger partial charge on any atom is -0.370 e. The SMILES string of the molecule is N=C(N)N.N=C(N)N.NC(=O)CNCC(N)(N)N. The molecule has 12 heteroatoms. The first-order valence-electron chi connectivity index (χ1n) is 4.43. The quantitative estimate of drug-likeness (QED) is 0.131. The summed E-state index contributed by atoms with van der Waals surface area (Å²) in [5.41, 5.74) is 38.2. The van der Waals surface area contributed by atoms with Crippen LogP contribution in [0.3, 0.4) is 0 Å². The molecule has 12 nitrogen and oxygen atoms in total. The average molecular weight is 265 g/mol. The molecule has 0 aliphatic heterocycles. The lowest BCUT2D eigenvalue weighted by Gasteiger charge is -2.17. The summed E-state index contributed by atoms with van der Waals surface area (Å²) in [5.74, 6) is -2.42. The van der Waals surface area contributed by atoms with Crippen LogP contribution < -0.4 is 51.2 Å². The lowest BCUT2D eigenvalue weighted by atomic mass is 10.4. The van der Waals surface area contributed by atoms with Crippen LogP contribution >= 0.6 is 0 Å². The topological polar surface area (TPSA) is 285 Å². The van der Waals surface area contributed by atoms with Crippen molar-refractivity contribution in [2.45, 2.75) is 5.79 Å². The number of hydrogen-bond donors (Lipinski definition) is 11. The first kappa shape index (κ1) is 21.2. The molecule has 0 fully saturated rings. The second-order valence-electron chi connectivity index (χ2n) is 3.09. The van der Waals surface area contributed by atoms with E-state index in [1.165, 1.54) is 0 Å². The highest BCUT2D eigenvalue weighted by Gasteiger charge is 2.10. The predicted octanol–water partition coefficient (Wildman–Crippen LogP) is -5.73. The number of rotatable bonds is 4. The first-order valence-corrected chi connectivity index (χ1v) is 4.43. The average Bonchev–Trinajstić information content (AvgIpc) is 1.96. The van der Waals surface area contributed by atoms with Crippen LogP contribution in [0.2, 0.25) is 0 Å². The van der Waals surface area contributed by atoms with Gasteiger partial charge in [-0.1, -0.05) is 0 Å². The third-order valence-electron chi connectivity index (χ3n) is 0.730. The smallest absolute Gasteiger partial charge is 0.231 e. The number of guanidine groups is 2. The molecule has 0 heterocycles. The second kappa shape index (κ2) is 11.3. The fraction of sp³-hybridized carbons (Fsp3) is 0.500. The molecule has 0 atom stereocenters. The highest BCUT2D eigenvalue weighted by Crippen LogP contribution is 1.70. The van der Waals surface area contributed by atoms with Gasteiger partial charge in [0.2, 0.25) is 5.91 Å². The highest BCUT2D eigenvalue weighted by atomic mass is 16.1. The third-order valence-corrected chi connectivity index (χ3v) is 0.730. The van der Waals surface area contributed by atoms with E-state index < -0.39 is 11.7 Å². The maximum atomic E-state index is 10.1. The van der Waals surface area contributed by atoms with E-state index in [1.54, 1.807) is 0 Å². The van der Waals surface area contributed by atoms with Gasteiger partial charge < -0.3 is 51.2 Å². The normalized spacial score (nSPS) is 9.06. The number of amides is 1. The molecule has 0 aliphatic carbocycles. The van der Waals surface area contributed by atoms with Crippen molar-refractivity contribution >= 4 is 17.8 Å². The number of carbonyl (C=O) groups excluding carboxylic acids is 1. The highest BCUT2D eigenvalue weighted by molar-refractivity contribution is 5.75. The van der Waals surface area contributed by atoms with Crippen molar-refractivity contribution in [3.05, 3.63) is 0 Å². The van der Waals surface area contributed by atoms with Crippen LogP contribution in [0.4, 0.5) is 0 Å². The zero-order chi connectivity index (χ0) is 15.4. The molecule has 0 aliphatic rings. The number of primary amides is 1. The molecule has 0 saturated carbocycles. The molecule has 0 rings (SSSR count). The molecular formula is C6H23N11O. The fourth-order valence-corrected chi connectivity index (χ4v) is 0.402. The van der Waals surface area contributed by atoms with Gasteiger partial charge in [-0.3, -0.25) is 15.6 Å². The molecule has 0 aromatic carbocycles. The number of carbonyl (C=O) groups is 1. The van der Waals surface area contributed by atoms with Crippen molar-refractivity contribution in [1.82, 2.24) is 5.32 Å². The maximum absolute atomic E-state index is 10.1. The van der Waals surface area contributed by atoms with Gasteiger partial charge in [-0.15, -0.1) is 0 Å². The van der Waals surface area contributed by atoms with Gasteiger partial charge in [0, 0.05) is 6.54 Å². The lowest BCUT2D eigenvalue weighted by molar-refractivity contribution is -0.117. The van der Waals surface area contributed by atoms with Gasteiger partial charge in [-0.25, -0.2) is 0 Å². The Morgan fingerprint density at radius 2 is 1.22 bits per heavy atom. The third kappa shape index (κ3) is 97.2. The van der Waals surface area contributed by atoms with E-state index in [2.05, 4.69) is 28.3 Å². The zero-order valence-corrected chi connectivity index (χ0v) is 9.94. The van der Waals surface area contributed by atoms with E-state index in [9.17, 15) is 4.79 Å². The van der Waals surface area contributed by atoms with Gasteiger partial charge in [0.15, 0.2) is 11.9 Å². The first-order chi connectivity index (χ1) is 7.88. The van der Waals surface area contributed by atoms with Crippen molar-refractivity contribution in [3.63, 3.8) is 0 Å². The van der Waals surface area contributed by atoms with Gasteiger partial charge in [-0.05, 0) is 0 Å². The van der Waals surface area contributed by atoms with Crippen molar-refractivity contribution in [3.8, 4) is 0 Å². The van der Waals surface area contributed by atoms with Crippen LogP contribution in [-0.4, -0.2) is 36.7 Å². The van der Waals surface area contributed by atoms with Crippen molar-refractivity contribution in [2.75, 3.05) is 13.1 Å². The largest absolute Gasteiger partial charge is 0.370 e. The number of nitrogens with two attached hydrogens (primary N) is 8. The second-order valence-corrected chi connectivity index (χ2v) is 3.09. The predicted molar refractivity (Wildman–Crippen MR) is 69.6 cm³/mol. The van der Waals surface area contributed by atoms with Gasteiger partial charge >= 0.3 is 0 Å². The molecule has 0 unspecified atom stereocenters. The molecular weight excluding hydrogens is 242 g/mol. The summed E-state index contributed by atoms with van der Waals surface area (Å²) < 4.78 is 0. The Hall–Kier alpha value is -2.15. The van der Waals surface area contributed by atoms with Crippen LogP contribution in [0.5, 0.6) is 0 Å². The van der Waals surface area contributed by atoms with E-state index in [-0.39, 0.29) is 25.0 Å². The Balaban J connectivity index is -0.000000233. The molecule has 19 N–H and O–H groups in total. The summed E-state index contributed by atoms with van der Waals surface area (Å²) in [6, 6.07) is 0. The van der Waals surface area contributed by atoms with E-state index in [0.29, 0.717) is 0 Å². The Labute approximate surface area is 104 Å². The van der Waals surface area contributed by atoms with Crippen LogP contribution in [0.15, 0.2) is 0 Å². The Kier molecular flexibility index (Phi) is 13.3. The monoisotopic (exact) mass is 265 g/mol. The standard InChI is InChI=1S/C4H13N5O.2CH5N3/c5-3(10)1-9-2-4(6,7)8;2*2-1(3)4/h9H,1-2,6-8H2,(H2,5,10);2*(H5,2,3,4). The Morgan fingerprint density at radius 3 is 1.39 bits per heavy atom. The lowest BCUT2D eigenvalue weighted by Crippen LogP contribution is -2.64. The molecule has 0 spiro atoms. The molecule has 108 valence electrons. The molecule has 0 aromatic rings. The molecule has 0 radical (unpaired) electrons. The Bertz CT molecular complexity index is 237. The summed E-state index contributed by atoms with van der Waals surface area (Å²) in [7, 11) is 0. The molecule has 0 bridgehead atoms. The summed E-state index contributed by atoms with van der Waals surface area (Å²) in [4.78, 5) is 10.1. The van der Waals surface area contributed by atoms with E-state index in [1.807, 2.05) is 0 Å². The molecule has 18 heavy (non-hydrogen) atoms. The summed E-state index contributed by atoms with van der Waals surface area (Å²) >= 11 is 0. The molecule has 0 saturated heterocycles. The van der Waals surface area contributed by atoms with Gasteiger partial charge in [0.25, 0.3) is 0 Å². The number of nitrogens with one attached hydrogen (secondary N) is 3. The minimum atomic E-state index is -1.28. The maximum Gasteiger partial charge on any atom is 0.231 e. The zero-order valence-electron chi connectivity index (χ0n) is 9.94. The van der Waals surface area contributed by atoms with E-state index >= 15 is 0 Å². The van der Waals surface area contributed by atoms with Gasteiger partial charge in [0.1, 0.15) is 5.79 Å². The summed E-state index contributed by atoms with van der Waals surface area (Å²) in [6.07, 6.45) is 0. The fourth-order valence-electron chi connectivity index (χ4n) is 0.402. The van der Waals surface area contributed by atoms with Gasteiger partial charge in [0.05, 0.1) is 6.54 Å². The van der Waals surface area contributed by atoms with Gasteiger partial charge in [-0.2, -0.15) is 0 Å². The van der Waals surface area contributed by atoms with E-state index in [0.717, 1.165) is 0 Å². The van der Waals surface area contributed by atoms with E-state index in [4.69, 9.17) is 33.8 Å². The molecule has 1 amide bonds. The molecule has 0 aromatic heterocycles. The summed E-state index contributed by atoms with van der Waals surface area (Å²) in [5, 5.41) is 14.7. The van der Waals surface area contributed by atoms with Crippen molar-refractivity contribution in [1.29, 1.82) is 10.8 Å². The van der Waals surface area contributed by atoms with Crippen molar-refractivity contribution < 1.29 is 4.79 Å². The van der Waals surface area contributed by atoms with Crippen LogP contribution in [0.25, 0.3) is 0 Å².